The molecule has 3 saturated heterocycles. The molecule has 1 aliphatic carbocycles. The number of rotatable bonds is 37. The first-order valence-electron chi connectivity index (χ1n) is 46.0. The van der Waals surface area contributed by atoms with E-state index < -0.39 is 12.1 Å². The molecule has 0 radical (unpaired) electrons. The number of nitrogens with one attached hydrogen (secondary N) is 6. The molecular weight excluding hydrogens is 1640 g/mol. The quantitative estimate of drug-likeness (QED) is 0.00977. The zero-order chi connectivity index (χ0) is 91.7. The summed E-state index contributed by atoms with van der Waals surface area (Å²) in [5.74, 6) is 3.00. The predicted octanol–water partition coefficient (Wildman–Crippen LogP) is 12.4. The van der Waals surface area contributed by atoms with Crippen LogP contribution in [0.2, 0.25) is 0 Å². The Balaban J connectivity index is 0.000000178. The van der Waals surface area contributed by atoms with Crippen molar-refractivity contribution in [3.8, 4) is 23.0 Å². The van der Waals surface area contributed by atoms with E-state index >= 15 is 0 Å². The maximum absolute atomic E-state index is 14.0. The summed E-state index contributed by atoms with van der Waals surface area (Å²) in [6.45, 7) is 6.10. The van der Waals surface area contributed by atoms with Gasteiger partial charge in [-0.15, -0.1) is 0 Å². The van der Waals surface area contributed by atoms with Crippen LogP contribution in [0.15, 0.2) is 306 Å². The first kappa shape index (κ1) is 96.4. The lowest BCUT2D eigenvalue weighted by molar-refractivity contribution is -0.133. The van der Waals surface area contributed by atoms with Gasteiger partial charge in [-0.05, 0) is 171 Å². The van der Waals surface area contributed by atoms with Gasteiger partial charge in [-0.3, -0.25) is 43.7 Å². The number of amides is 6. The van der Waals surface area contributed by atoms with Crippen LogP contribution in [0.1, 0.15) is 162 Å². The smallest absolute Gasteiger partial charge is 0.251 e. The van der Waals surface area contributed by atoms with Gasteiger partial charge in [0, 0.05) is 131 Å². The number of nitrogens with two attached hydrogens (primary N) is 6. The van der Waals surface area contributed by atoms with Gasteiger partial charge in [0.25, 0.3) is 11.8 Å². The number of nitrogens with zero attached hydrogens (tertiary/aromatic N) is 6. The van der Waals surface area contributed by atoms with Crippen LogP contribution in [0.4, 0.5) is 0 Å². The van der Waals surface area contributed by atoms with Crippen LogP contribution in [-0.2, 0) is 19.2 Å². The Morgan fingerprint density at radius 2 is 0.626 bits per heavy atom. The second-order valence-electron chi connectivity index (χ2n) is 33.8. The molecular formula is C105H128N18O8. The van der Waals surface area contributed by atoms with Crippen molar-refractivity contribution < 1.29 is 38.2 Å². The number of para-hydroxylation sites is 2. The highest BCUT2D eigenvalue weighted by atomic mass is 16.5. The normalized spacial score (nSPS) is 17.6. The van der Waals surface area contributed by atoms with Crippen LogP contribution < -0.4 is 75.8 Å². The van der Waals surface area contributed by atoms with Gasteiger partial charge in [-0.2, -0.15) is 0 Å². The summed E-state index contributed by atoms with van der Waals surface area (Å²) in [6.07, 6.45) is 11.3. The minimum Gasteiger partial charge on any atom is -0.457 e. The summed E-state index contributed by atoms with van der Waals surface area (Å²) in [7, 11) is 0. The fourth-order valence-electron chi connectivity index (χ4n) is 17.4. The molecule has 0 bridgehead atoms. The molecule has 0 unspecified atom stereocenters. The van der Waals surface area contributed by atoms with Gasteiger partial charge in [-0.25, -0.2) is 0 Å². The summed E-state index contributed by atoms with van der Waals surface area (Å²) in [6, 6.07) is 93.7. The number of hydrogen-bond donors (Lipinski definition) is 12. The lowest BCUT2D eigenvalue weighted by Gasteiger charge is -2.29. The van der Waals surface area contributed by atoms with E-state index in [0.717, 1.165) is 60.1 Å². The van der Waals surface area contributed by atoms with Gasteiger partial charge >= 0.3 is 0 Å². The van der Waals surface area contributed by atoms with Crippen molar-refractivity contribution in [2.45, 2.75) is 144 Å². The van der Waals surface area contributed by atoms with Gasteiger partial charge in [-0.1, -0.05) is 244 Å². The molecule has 4 fully saturated rings. The fourth-order valence-corrected chi connectivity index (χ4v) is 17.4. The molecule has 1 saturated carbocycles. The van der Waals surface area contributed by atoms with E-state index in [1.165, 1.54) is 17.5 Å². The van der Waals surface area contributed by atoms with E-state index in [-0.39, 0.29) is 101 Å². The molecule has 6 atom stereocenters. The van der Waals surface area contributed by atoms with Crippen molar-refractivity contribution in [1.82, 2.24) is 46.6 Å². The van der Waals surface area contributed by atoms with Crippen molar-refractivity contribution in [3.63, 3.8) is 0 Å². The largest absolute Gasteiger partial charge is 0.457 e. The highest BCUT2D eigenvalue weighted by Crippen LogP contribution is 2.33. The predicted molar refractivity (Wildman–Crippen MR) is 520 cm³/mol. The number of aliphatic imine (C=N–C) groups is 3. The summed E-state index contributed by atoms with van der Waals surface area (Å²) in [4.78, 5) is 99.3. The zero-order valence-electron chi connectivity index (χ0n) is 74.8. The molecule has 26 heteroatoms. The molecule has 686 valence electrons. The molecule has 3 aliphatic heterocycles. The lowest BCUT2D eigenvalue weighted by Crippen LogP contribution is -2.49. The van der Waals surface area contributed by atoms with Gasteiger partial charge in [0.05, 0.1) is 18.1 Å². The molecule has 0 spiro atoms. The third-order valence-electron chi connectivity index (χ3n) is 24.3. The molecule has 14 rings (SSSR count). The monoisotopic (exact) mass is 1770 g/mol. The Bertz CT molecular complexity index is 5110. The van der Waals surface area contributed by atoms with Crippen LogP contribution in [-0.4, -0.2) is 183 Å². The molecule has 131 heavy (non-hydrogen) atoms. The summed E-state index contributed by atoms with van der Waals surface area (Å²) < 4.78 is 11.8. The van der Waals surface area contributed by atoms with Crippen molar-refractivity contribution in [2.24, 2.45) is 55.3 Å². The average molecular weight is 1770 g/mol. The van der Waals surface area contributed by atoms with Crippen molar-refractivity contribution in [1.29, 1.82) is 0 Å². The van der Waals surface area contributed by atoms with E-state index in [2.05, 4.69) is 144 Å². The van der Waals surface area contributed by atoms with Crippen molar-refractivity contribution >= 4 is 53.3 Å². The SMILES string of the molecule is NC(N)=NCCC[C@@H]1N[C@H](CNC(=O)C2CCCCC2)CCN(CC(c2ccccc2)c2ccccc2)C1=O.NC(N)=NCCC[C@@H]1N[C@H](CNC(=O)c2ccc(Oc3ccccc3)cc2)CCN(CC(c2ccccc2)c2ccccc2)C1=O.NC(N)=NCCC[C@@H]1N[C@H](CNC(=O)c2cccc(Oc3ccccc3)c2)CCN(CC(c2ccccc2)c2ccccc2)C1=O. The minimum atomic E-state index is -0.437. The Kier molecular flexibility index (Phi) is 37.9. The zero-order valence-corrected chi connectivity index (χ0v) is 74.8. The second kappa shape index (κ2) is 51.5. The number of carbonyl (C=O) groups excluding carboxylic acids is 6. The standard InChI is InChI=1S/2C37H42N6O3.C31H44N6O2/c38-37(39)40-22-11-20-34-36(45)43(26-33(27-12-4-1-5-13-27)28-14-6-2-7-15-28)23-21-30(42-34)25-41-35(44)29-16-10-19-32(24-29)46-31-17-8-3-9-18-31;38-37(39)40-23-10-17-34-36(45)43(26-33(27-11-4-1-5-12-27)28-13-6-2-7-14-28)24-22-30(42-34)25-41-35(44)29-18-20-32(21-19-29)46-31-15-8-3-9-16-31;32-31(33)34-19-10-17-28-30(39)37(20-18-26(36-28)21-35-29(38)25-15-8-3-9-16-25)22-27(23-11-4-1-5-12-23)24-13-6-2-7-14-24/h1-10,12-19,24,30,33-34,42H,11,20-23,25-26H2,(H,41,44)(H4,38,39,40);1-9,11-16,18-21,30,33-34,42H,10,17,22-26H2,(H,41,44)(H4,38,39,40);1-2,4-7,11-14,25-28,36H,3,8-10,15-22H2,(H,35,38)(H4,32,33,34)/t2*30-,34-;26-,28-/m000/s1. The van der Waals surface area contributed by atoms with Crippen LogP contribution in [0.5, 0.6) is 23.0 Å². The van der Waals surface area contributed by atoms with E-state index in [1.54, 1.807) is 42.5 Å². The number of ether oxygens (including phenoxy) is 2. The van der Waals surface area contributed by atoms with Gasteiger partial charge in [0.2, 0.25) is 23.6 Å². The maximum Gasteiger partial charge on any atom is 0.251 e. The minimum absolute atomic E-state index is 0.0199. The lowest BCUT2D eigenvalue weighted by atomic mass is 9.88. The van der Waals surface area contributed by atoms with Crippen LogP contribution in [0.25, 0.3) is 0 Å². The first-order valence-corrected chi connectivity index (χ1v) is 46.0. The summed E-state index contributed by atoms with van der Waals surface area (Å²) in [5.41, 5.74) is 41.1. The number of hydrogen-bond acceptors (Lipinski definition) is 14. The fraction of sp³-hybridized carbons (Fsp3) is 0.343. The van der Waals surface area contributed by atoms with Crippen molar-refractivity contribution in [2.75, 3.05) is 78.5 Å². The second-order valence-corrected chi connectivity index (χ2v) is 33.8. The van der Waals surface area contributed by atoms with Gasteiger partial charge < -0.3 is 90.5 Å². The third kappa shape index (κ3) is 31.0. The number of guanidine groups is 3. The average Bonchev–Trinajstić information content (AvgIpc) is 1.79. The number of carbonyl (C=O) groups is 6. The Morgan fingerprint density at radius 3 is 0.954 bits per heavy atom. The van der Waals surface area contributed by atoms with E-state index in [1.807, 2.05) is 166 Å². The van der Waals surface area contributed by atoms with Crippen molar-refractivity contribution in [3.05, 3.63) is 336 Å². The van der Waals surface area contributed by atoms with Crippen LogP contribution >= 0.6 is 0 Å². The van der Waals surface area contributed by atoms with Crippen LogP contribution in [0.3, 0.4) is 0 Å². The Morgan fingerprint density at radius 1 is 0.336 bits per heavy atom. The Hall–Kier alpha value is -13.7. The maximum atomic E-state index is 14.0. The van der Waals surface area contributed by atoms with Crippen LogP contribution in [0, 0.1) is 5.92 Å². The molecule has 10 aromatic rings. The molecule has 3 heterocycles. The molecule has 18 N–H and O–H groups in total. The highest BCUT2D eigenvalue weighted by molar-refractivity contribution is 5.95. The third-order valence-corrected chi connectivity index (χ3v) is 24.3. The van der Waals surface area contributed by atoms with E-state index in [9.17, 15) is 28.8 Å². The first-order chi connectivity index (χ1) is 63.9. The number of benzene rings is 10. The Labute approximate surface area is 770 Å². The molecule has 10 aromatic carbocycles. The summed E-state index contributed by atoms with van der Waals surface area (Å²) in [5, 5.41) is 20.0. The highest BCUT2D eigenvalue weighted by Gasteiger charge is 2.37. The molecule has 6 amide bonds. The van der Waals surface area contributed by atoms with E-state index in [0.29, 0.717) is 158 Å². The van der Waals surface area contributed by atoms with Gasteiger partial charge in [0.1, 0.15) is 23.0 Å². The van der Waals surface area contributed by atoms with E-state index in [4.69, 9.17) is 43.9 Å². The molecule has 26 nitrogen and oxygen atoms in total. The van der Waals surface area contributed by atoms with Gasteiger partial charge in [0.15, 0.2) is 17.9 Å². The molecule has 4 aliphatic rings. The summed E-state index contributed by atoms with van der Waals surface area (Å²) >= 11 is 0. The topological polar surface area (TPSA) is 396 Å². The molecule has 0 aromatic heterocycles.